The van der Waals surface area contributed by atoms with Gasteiger partial charge in [0, 0.05) is 29.3 Å². The predicted octanol–water partition coefficient (Wildman–Crippen LogP) is 7.56. The molecule has 0 bridgehead atoms. The fraction of sp³-hybridized carbons (Fsp3) is 0.259. The zero-order valence-corrected chi connectivity index (χ0v) is 19.6. The highest BCUT2D eigenvalue weighted by atomic mass is 19.4. The second-order valence-corrected chi connectivity index (χ2v) is 7.82. The summed E-state index contributed by atoms with van der Waals surface area (Å²) in [6.45, 7) is 7.62. The topological polar surface area (TPSA) is 42.4 Å². The molecule has 0 saturated heterocycles. The molecule has 3 rings (SSSR count). The number of aromatic nitrogens is 1. The Kier molecular flexibility index (Phi) is 7.76. The maximum Gasteiger partial charge on any atom is 0.416 e. The first kappa shape index (κ1) is 25.0. The van der Waals surface area contributed by atoms with Crippen molar-refractivity contribution in [1.29, 1.82) is 0 Å². The number of pyridine rings is 1. The minimum absolute atomic E-state index is 0.238. The van der Waals surface area contributed by atoms with Crippen LogP contribution in [-0.4, -0.2) is 17.6 Å². The van der Waals surface area contributed by atoms with Crippen LogP contribution in [0.15, 0.2) is 72.6 Å². The van der Waals surface area contributed by atoms with Crippen LogP contribution in [0.2, 0.25) is 0 Å². The molecule has 0 radical (unpaired) electrons. The van der Waals surface area contributed by atoms with Crippen LogP contribution >= 0.6 is 0 Å². The lowest BCUT2D eigenvalue weighted by atomic mass is 10.0. The lowest BCUT2D eigenvalue weighted by Crippen LogP contribution is -2.19. The molecule has 3 aromatic rings. The normalized spacial score (nSPS) is 12.2. The van der Waals surface area contributed by atoms with Crippen molar-refractivity contribution >= 4 is 23.0 Å². The summed E-state index contributed by atoms with van der Waals surface area (Å²) < 4.78 is 45.2. The number of allylic oxidation sites excluding steroid dienone is 1. The molecule has 1 heterocycles. The number of aryl methyl sites for hydroxylation is 1. The fourth-order valence-corrected chi connectivity index (χ4v) is 3.70. The maximum atomic E-state index is 13.4. The largest absolute Gasteiger partial charge is 0.462 e. The first-order valence-electron chi connectivity index (χ1n) is 11.0. The second-order valence-electron chi connectivity index (χ2n) is 7.82. The molecule has 0 amide bonds. The van der Waals surface area contributed by atoms with E-state index in [9.17, 15) is 18.0 Å². The van der Waals surface area contributed by atoms with Gasteiger partial charge >= 0.3 is 12.1 Å². The van der Waals surface area contributed by atoms with Crippen molar-refractivity contribution in [2.45, 2.75) is 40.3 Å². The van der Waals surface area contributed by atoms with Crippen LogP contribution < -0.4 is 4.90 Å². The highest BCUT2D eigenvalue weighted by Crippen LogP contribution is 2.41. The Balaban J connectivity index is 2.29. The van der Waals surface area contributed by atoms with E-state index in [1.807, 2.05) is 36.9 Å². The van der Waals surface area contributed by atoms with Crippen LogP contribution in [0.5, 0.6) is 0 Å². The lowest BCUT2D eigenvalue weighted by Gasteiger charge is -2.32. The maximum absolute atomic E-state index is 13.4. The molecular formula is C27H27F3N2O2. The molecule has 0 aliphatic rings. The van der Waals surface area contributed by atoms with Gasteiger partial charge in [0.15, 0.2) is 0 Å². The molecule has 0 fully saturated rings. The summed E-state index contributed by atoms with van der Waals surface area (Å²) in [5.74, 6) is -0.463. The third-order valence-electron chi connectivity index (χ3n) is 5.49. The van der Waals surface area contributed by atoms with Gasteiger partial charge < -0.3 is 9.64 Å². The van der Waals surface area contributed by atoms with Crippen molar-refractivity contribution in [3.8, 4) is 0 Å². The minimum Gasteiger partial charge on any atom is -0.462 e. The van der Waals surface area contributed by atoms with Crippen molar-refractivity contribution in [2.75, 3.05) is 11.5 Å². The van der Waals surface area contributed by atoms with Gasteiger partial charge in [0.05, 0.1) is 23.4 Å². The smallest absolute Gasteiger partial charge is 0.416 e. The van der Waals surface area contributed by atoms with Gasteiger partial charge in [-0.15, -0.1) is 0 Å². The average molecular weight is 469 g/mol. The molecule has 178 valence electrons. The van der Waals surface area contributed by atoms with Gasteiger partial charge in [-0.25, -0.2) is 4.79 Å². The molecule has 2 aromatic carbocycles. The number of nitrogens with zero attached hydrogens (tertiary/aromatic N) is 2. The third-order valence-corrected chi connectivity index (χ3v) is 5.49. The number of rotatable bonds is 7. The van der Waals surface area contributed by atoms with Crippen molar-refractivity contribution in [1.82, 2.24) is 4.98 Å². The summed E-state index contributed by atoms with van der Waals surface area (Å²) in [5, 5.41) is 0. The standard InChI is InChI=1S/C27H27F3N2O2/c1-5-18(3)25(20-12-14-31-15-13-20)32(23-9-7-8-21(17-23)26(33)34-6-2)24-11-10-22(16-19(24)4)27(28,29)30/h7-17H,5-6H2,1-4H3/b25-18+. The zero-order chi connectivity index (χ0) is 24.9. The van der Waals surface area contributed by atoms with Gasteiger partial charge in [-0.1, -0.05) is 13.0 Å². The number of carbonyl (C=O) groups is 1. The zero-order valence-electron chi connectivity index (χ0n) is 19.6. The fourth-order valence-electron chi connectivity index (χ4n) is 3.70. The Morgan fingerprint density at radius 2 is 1.71 bits per heavy atom. The molecule has 0 aliphatic heterocycles. The van der Waals surface area contributed by atoms with Gasteiger partial charge in [0.25, 0.3) is 0 Å². The number of benzene rings is 2. The van der Waals surface area contributed by atoms with Gasteiger partial charge in [-0.05, 0) is 86.9 Å². The van der Waals surface area contributed by atoms with Crippen LogP contribution in [0.3, 0.4) is 0 Å². The first-order chi connectivity index (χ1) is 16.2. The molecule has 0 atom stereocenters. The van der Waals surface area contributed by atoms with E-state index in [4.69, 9.17) is 4.74 Å². The summed E-state index contributed by atoms with van der Waals surface area (Å²) in [5.41, 5.74) is 4.00. The first-order valence-corrected chi connectivity index (χ1v) is 11.0. The second kappa shape index (κ2) is 10.5. The van der Waals surface area contributed by atoms with Gasteiger partial charge in [-0.3, -0.25) is 4.98 Å². The van der Waals surface area contributed by atoms with E-state index in [0.717, 1.165) is 29.0 Å². The summed E-state index contributed by atoms with van der Waals surface area (Å²) in [7, 11) is 0. The number of hydrogen-bond donors (Lipinski definition) is 0. The Bertz CT molecular complexity index is 1190. The number of ether oxygens (including phenoxy) is 1. The van der Waals surface area contributed by atoms with Crippen molar-refractivity contribution in [3.63, 3.8) is 0 Å². The molecule has 0 unspecified atom stereocenters. The van der Waals surface area contributed by atoms with Gasteiger partial charge in [0.1, 0.15) is 0 Å². The highest BCUT2D eigenvalue weighted by Gasteiger charge is 2.31. The van der Waals surface area contributed by atoms with Crippen LogP contribution in [0.25, 0.3) is 5.70 Å². The number of anilines is 2. The van der Waals surface area contributed by atoms with E-state index in [2.05, 4.69) is 4.98 Å². The highest BCUT2D eigenvalue weighted by molar-refractivity contribution is 5.94. The van der Waals surface area contributed by atoms with Gasteiger partial charge in [-0.2, -0.15) is 13.2 Å². The molecule has 7 heteroatoms. The number of carbonyl (C=O) groups excluding carboxylic acids is 1. The summed E-state index contributed by atoms with van der Waals surface area (Å²) in [4.78, 5) is 18.4. The van der Waals surface area contributed by atoms with Gasteiger partial charge in [0.2, 0.25) is 0 Å². The van der Waals surface area contributed by atoms with Crippen LogP contribution in [0.1, 0.15) is 54.2 Å². The molecule has 34 heavy (non-hydrogen) atoms. The number of esters is 1. The van der Waals surface area contributed by atoms with E-state index in [1.165, 1.54) is 6.07 Å². The van der Waals surface area contributed by atoms with Crippen molar-refractivity contribution in [2.24, 2.45) is 0 Å². The Morgan fingerprint density at radius 3 is 2.29 bits per heavy atom. The number of hydrogen-bond acceptors (Lipinski definition) is 4. The number of alkyl halides is 3. The third kappa shape index (κ3) is 5.47. The van der Waals surface area contributed by atoms with E-state index >= 15 is 0 Å². The average Bonchev–Trinajstić information content (AvgIpc) is 2.82. The molecular weight excluding hydrogens is 441 g/mol. The lowest BCUT2D eigenvalue weighted by molar-refractivity contribution is -0.137. The van der Waals surface area contributed by atoms with Crippen LogP contribution in [0.4, 0.5) is 24.5 Å². The van der Waals surface area contributed by atoms with E-state index < -0.39 is 17.7 Å². The quantitative estimate of drug-likeness (QED) is 0.336. The Hall–Kier alpha value is -3.61. The SMILES string of the molecule is CCOC(=O)c1cccc(N(/C(=C(\C)CC)c2ccncc2)c2ccc(C(F)(F)F)cc2C)c1. The molecule has 0 spiro atoms. The molecule has 0 N–H and O–H groups in total. The van der Waals surface area contributed by atoms with E-state index in [-0.39, 0.29) is 6.61 Å². The Labute approximate surface area is 197 Å². The minimum atomic E-state index is -4.44. The summed E-state index contributed by atoms with van der Waals surface area (Å²) in [6.07, 6.45) is -0.386. The summed E-state index contributed by atoms with van der Waals surface area (Å²) >= 11 is 0. The number of halogens is 3. The molecule has 0 saturated carbocycles. The van der Waals surface area contributed by atoms with E-state index in [0.29, 0.717) is 28.9 Å². The molecule has 0 aliphatic carbocycles. The molecule has 4 nitrogen and oxygen atoms in total. The predicted molar refractivity (Wildman–Crippen MR) is 128 cm³/mol. The van der Waals surface area contributed by atoms with E-state index in [1.54, 1.807) is 44.4 Å². The summed E-state index contributed by atoms with van der Waals surface area (Å²) in [6, 6.07) is 14.3. The van der Waals surface area contributed by atoms with Crippen molar-refractivity contribution in [3.05, 3.63) is 94.8 Å². The van der Waals surface area contributed by atoms with Crippen LogP contribution in [-0.2, 0) is 10.9 Å². The van der Waals surface area contributed by atoms with Crippen molar-refractivity contribution < 1.29 is 22.7 Å². The Morgan fingerprint density at radius 1 is 1.00 bits per heavy atom. The van der Waals surface area contributed by atoms with Crippen LogP contribution in [0, 0.1) is 6.92 Å². The monoisotopic (exact) mass is 468 g/mol. The molecule has 1 aromatic heterocycles.